The van der Waals surface area contributed by atoms with E-state index in [-0.39, 0.29) is 23.7 Å². The highest BCUT2D eigenvalue weighted by molar-refractivity contribution is 5.87. The molecule has 4 nitrogen and oxygen atoms in total. The number of phenols is 1. The van der Waals surface area contributed by atoms with Crippen LogP contribution in [0.3, 0.4) is 0 Å². The Morgan fingerprint density at radius 1 is 0.923 bits per heavy atom. The van der Waals surface area contributed by atoms with E-state index in [1.807, 2.05) is 60.8 Å². The standard InChI is InChI=1S/C21H17NO3.ClH/c23-20-12-7-16(8-13-20)6-11-19-3-1-2-14-22(19)15-17-4-9-18(10-5-17)21(24)25;/h1-14H,15H2,(H,24,25);1H. The van der Waals surface area contributed by atoms with Gasteiger partial charge in [0.25, 0.3) is 0 Å². The molecule has 2 N–H and O–H groups in total. The molecule has 0 unspecified atom stereocenters. The van der Waals surface area contributed by atoms with Crippen molar-refractivity contribution in [3.63, 3.8) is 0 Å². The number of rotatable bonds is 5. The Balaban J connectivity index is 0.00000243. The number of hydrogen-bond donors (Lipinski definition) is 2. The SMILES string of the molecule is O=C(O)c1ccc(C[n+]2ccccc2/C=C/c2ccc(O)cc2)cc1.[Cl-]. The van der Waals surface area contributed by atoms with Gasteiger partial charge in [0.2, 0.25) is 5.69 Å². The van der Waals surface area contributed by atoms with Crippen molar-refractivity contribution in [3.05, 3.63) is 95.3 Å². The van der Waals surface area contributed by atoms with Gasteiger partial charge < -0.3 is 22.6 Å². The summed E-state index contributed by atoms with van der Waals surface area (Å²) in [5.74, 6) is -0.673. The van der Waals surface area contributed by atoms with Crippen molar-refractivity contribution in [2.45, 2.75) is 6.54 Å². The number of carboxylic acids is 1. The minimum atomic E-state index is -0.920. The summed E-state index contributed by atoms with van der Waals surface area (Å²) in [4.78, 5) is 10.9. The van der Waals surface area contributed by atoms with Crippen LogP contribution < -0.4 is 17.0 Å². The zero-order chi connectivity index (χ0) is 17.6. The van der Waals surface area contributed by atoms with Gasteiger partial charge in [-0.2, -0.15) is 4.57 Å². The van der Waals surface area contributed by atoms with Crippen molar-refractivity contribution in [2.24, 2.45) is 0 Å². The van der Waals surface area contributed by atoms with Crippen LogP contribution in [-0.4, -0.2) is 16.2 Å². The summed E-state index contributed by atoms with van der Waals surface area (Å²) in [6.07, 6.45) is 5.98. The van der Waals surface area contributed by atoms with Crippen molar-refractivity contribution in [1.29, 1.82) is 0 Å². The number of aromatic hydroxyl groups is 1. The number of carboxylic acid groups (broad SMARTS) is 1. The summed E-state index contributed by atoms with van der Waals surface area (Å²) in [7, 11) is 0. The first-order chi connectivity index (χ1) is 12.1. The van der Waals surface area contributed by atoms with E-state index in [1.165, 1.54) is 0 Å². The normalized spacial score (nSPS) is 10.5. The van der Waals surface area contributed by atoms with Crippen LogP contribution in [0.15, 0.2) is 72.9 Å². The monoisotopic (exact) mass is 367 g/mol. The van der Waals surface area contributed by atoms with Crippen LogP contribution in [0.4, 0.5) is 0 Å². The van der Waals surface area contributed by atoms with Gasteiger partial charge in [0, 0.05) is 23.8 Å². The molecule has 132 valence electrons. The van der Waals surface area contributed by atoms with Crippen molar-refractivity contribution in [2.75, 3.05) is 0 Å². The number of hydrogen-bond acceptors (Lipinski definition) is 2. The van der Waals surface area contributed by atoms with Crippen LogP contribution in [0.2, 0.25) is 0 Å². The molecule has 0 bridgehead atoms. The molecule has 0 aliphatic carbocycles. The van der Waals surface area contributed by atoms with Gasteiger partial charge in [0.05, 0.1) is 5.56 Å². The fraction of sp³-hybridized carbons (Fsp3) is 0.0476. The van der Waals surface area contributed by atoms with Crippen molar-refractivity contribution < 1.29 is 32.0 Å². The van der Waals surface area contributed by atoms with E-state index in [2.05, 4.69) is 4.57 Å². The largest absolute Gasteiger partial charge is 1.00 e. The Labute approximate surface area is 158 Å². The number of pyridine rings is 1. The highest BCUT2D eigenvalue weighted by atomic mass is 35.5. The molecule has 1 heterocycles. The maximum Gasteiger partial charge on any atom is 0.335 e. The fourth-order valence-corrected chi connectivity index (χ4v) is 2.50. The average Bonchev–Trinajstić information content (AvgIpc) is 2.63. The summed E-state index contributed by atoms with van der Waals surface area (Å²) in [5, 5.41) is 18.3. The van der Waals surface area contributed by atoms with Crippen LogP contribution in [0.1, 0.15) is 27.2 Å². The molecule has 0 saturated heterocycles. The average molecular weight is 368 g/mol. The molecule has 0 aliphatic heterocycles. The Hall–Kier alpha value is -3.11. The van der Waals surface area contributed by atoms with Gasteiger partial charge >= 0.3 is 5.97 Å². The molecule has 1 aromatic heterocycles. The number of halogens is 1. The Morgan fingerprint density at radius 3 is 2.27 bits per heavy atom. The Kier molecular flexibility index (Phi) is 6.53. The van der Waals surface area contributed by atoms with Crippen molar-refractivity contribution in [3.8, 4) is 5.75 Å². The highest BCUT2D eigenvalue weighted by Crippen LogP contribution is 2.12. The van der Waals surface area contributed by atoms with Gasteiger partial charge in [-0.25, -0.2) is 4.79 Å². The molecule has 0 aliphatic rings. The number of aromatic carboxylic acids is 1. The number of benzene rings is 2. The first-order valence-corrected chi connectivity index (χ1v) is 7.90. The maximum absolute atomic E-state index is 10.9. The van der Waals surface area contributed by atoms with E-state index in [0.717, 1.165) is 16.8 Å². The zero-order valence-corrected chi connectivity index (χ0v) is 14.7. The second kappa shape index (κ2) is 8.83. The maximum atomic E-state index is 10.9. The quantitative estimate of drug-likeness (QED) is 0.649. The molecule has 0 saturated carbocycles. The summed E-state index contributed by atoms with van der Waals surface area (Å²) in [6.45, 7) is 0.649. The number of phenolic OH excluding ortho intramolecular Hbond substituents is 1. The first kappa shape index (κ1) is 19.2. The topological polar surface area (TPSA) is 61.4 Å². The zero-order valence-electron chi connectivity index (χ0n) is 13.9. The molecule has 0 amide bonds. The third kappa shape index (κ3) is 4.94. The van der Waals surface area contributed by atoms with E-state index < -0.39 is 5.97 Å². The summed E-state index contributed by atoms with van der Waals surface area (Å²) >= 11 is 0. The highest BCUT2D eigenvalue weighted by Gasteiger charge is 2.09. The molecular formula is C21H18ClNO3. The Bertz CT molecular complexity index is 903. The van der Waals surface area contributed by atoms with Crippen molar-refractivity contribution >= 4 is 18.1 Å². The van der Waals surface area contributed by atoms with Crippen LogP contribution >= 0.6 is 0 Å². The molecule has 5 heteroatoms. The second-order valence-electron chi connectivity index (χ2n) is 5.68. The van der Waals surface area contributed by atoms with E-state index in [1.54, 1.807) is 24.3 Å². The number of aromatic nitrogens is 1. The summed E-state index contributed by atoms with van der Waals surface area (Å²) in [6, 6.07) is 19.9. The number of carbonyl (C=O) groups is 1. The predicted octanol–water partition coefficient (Wildman–Crippen LogP) is 0.601. The molecule has 0 spiro atoms. The van der Waals surface area contributed by atoms with Gasteiger partial charge in [-0.15, -0.1) is 0 Å². The second-order valence-corrected chi connectivity index (χ2v) is 5.68. The van der Waals surface area contributed by atoms with Gasteiger partial charge in [-0.3, -0.25) is 0 Å². The molecule has 2 aromatic carbocycles. The van der Waals surface area contributed by atoms with Gasteiger partial charge in [-0.1, -0.05) is 24.3 Å². The molecular weight excluding hydrogens is 350 g/mol. The van der Waals surface area contributed by atoms with Crippen molar-refractivity contribution in [1.82, 2.24) is 0 Å². The minimum Gasteiger partial charge on any atom is -1.00 e. The number of nitrogens with zero attached hydrogens (tertiary/aromatic N) is 1. The third-order valence-electron chi connectivity index (χ3n) is 3.87. The van der Waals surface area contributed by atoms with E-state index in [4.69, 9.17) is 5.11 Å². The van der Waals surface area contributed by atoms with Gasteiger partial charge in [0.1, 0.15) is 5.75 Å². The predicted molar refractivity (Wildman–Crippen MR) is 96.2 cm³/mol. The smallest absolute Gasteiger partial charge is 0.335 e. The third-order valence-corrected chi connectivity index (χ3v) is 3.87. The first-order valence-electron chi connectivity index (χ1n) is 7.90. The van der Waals surface area contributed by atoms with Crippen LogP contribution in [-0.2, 0) is 6.54 Å². The lowest BCUT2D eigenvalue weighted by atomic mass is 10.1. The van der Waals surface area contributed by atoms with E-state index in [0.29, 0.717) is 6.54 Å². The lowest BCUT2D eigenvalue weighted by Gasteiger charge is -2.02. The fourth-order valence-electron chi connectivity index (χ4n) is 2.50. The molecule has 0 atom stereocenters. The van der Waals surface area contributed by atoms with Gasteiger partial charge in [0.15, 0.2) is 12.7 Å². The van der Waals surface area contributed by atoms with Crippen LogP contribution in [0, 0.1) is 0 Å². The van der Waals surface area contributed by atoms with Gasteiger partial charge in [-0.05, 0) is 42.0 Å². The summed E-state index contributed by atoms with van der Waals surface area (Å²) < 4.78 is 2.09. The molecule has 0 fully saturated rings. The Morgan fingerprint density at radius 2 is 1.62 bits per heavy atom. The molecule has 3 aromatic rings. The van der Waals surface area contributed by atoms with E-state index >= 15 is 0 Å². The molecule has 3 rings (SSSR count). The minimum absolute atomic E-state index is 0. The molecule has 26 heavy (non-hydrogen) atoms. The molecule has 0 radical (unpaired) electrons. The van der Waals surface area contributed by atoms with Crippen LogP contribution in [0.25, 0.3) is 12.2 Å². The lowest BCUT2D eigenvalue weighted by Crippen LogP contribution is -3.00. The van der Waals surface area contributed by atoms with Crippen LogP contribution in [0.5, 0.6) is 5.75 Å². The van der Waals surface area contributed by atoms with E-state index in [9.17, 15) is 9.90 Å². The summed E-state index contributed by atoms with van der Waals surface area (Å²) in [5.41, 5.74) is 3.34. The lowest BCUT2D eigenvalue weighted by molar-refractivity contribution is -0.690.